The highest BCUT2D eigenvalue weighted by Gasteiger charge is 2.07. The van der Waals surface area contributed by atoms with Crippen LogP contribution >= 0.6 is 0 Å². The number of carbonyl (C=O) groups excluding carboxylic acids is 1. The Morgan fingerprint density at radius 2 is 2.27 bits per heavy atom. The Labute approximate surface area is 88.4 Å². The molecule has 0 aromatic carbocycles. The molecule has 0 radical (unpaired) electrons. The van der Waals surface area contributed by atoms with E-state index in [2.05, 4.69) is 5.32 Å². The van der Waals surface area contributed by atoms with Crippen LogP contribution < -0.4 is 5.32 Å². The topological polar surface area (TPSA) is 76.4 Å². The van der Waals surface area contributed by atoms with E-state index in [-0.39, 0.29) is 17.4 Å². The molecule has 1 aromatic heterocycles. The van der Waals surface area contributed by atoms with E-state index in [4.69, 9.17) is 4.42 Å². The van der Waals surface area contributed by atoms with Gasteiger partial charge in [0.15, 0.2) is 5.76 Å². The lowest BCUT2D eigenvalue weighted by Gasteiger charge is -2.01. The summed E-state index contributed by atoms with van der Waals surface area (Å²) in [6.45, 7) is 0.326. The molecular formula is C9H13NO4S. The molecule has 0 aliphatic carbocycles. The summed E-state index contributed by atoms with van der Waals surface area (Å²) in [7, 11) is -2.95. The van der Waals surface area contributed by atoms with E-state index in [1.54, 1.807) is 12.1 Å². The van der Waals surface area contributed by atoms with Crippen molar-refractivity contribution < 1.29 is 17.6 Å². The van der Waals surface area contributed by atoms with Gasteiger partial charge >= 0.3 is 0 Å². The van der Waals surface area contributed by atoms with Crippen molar-refractivity contribution in [3.05, 3.63) is 24.2 Å². The Balaban J connectivity index is 2.24. The fraction of sp³-hybridized carbons (Fsp3) is 0.444. The van der Waals surface area contributed by atoms with E-state index in [9.17, 15) is 13.2 Å². The molecule has 15 heavy (non-hydrogen) atoms. The monoisotopic (exact) mass is 231 g/mol. The first-order chi connectivity index (χ1) is 6.99. The highest BCUT2D eigenvalue weighted by molar-refractivity contribution is 7.90. The van der Waals surface area contributed by atoms with Crippen molar-refractivity contribution in [3.63, 3.8) is 0 Å². The summed E-state index contributed by atoms with van der Waals surface area (Å²) in [5.74, 6) is -0.0197. The molecule has 1 aromatic rings. The quantitative estimate of drug-likeness (QED) is 0.746. The van der Waals surface area contributed by atoms with Gasteiger partial charge in [-0.2, -0.15) is 0 Å². The van der Waals surface area contributed by atoms with E-state index in [1.165, 1.54) is 12.5 Å². The van der Waals surface area contributed by atoms with Crippen LogP contribution in [0.15, 0.2) is 22.8 Å². The summed E-state index contributed by atoms with van der Waals surface area (Å²) in [5, 5.41) is 2.56. The molecule has 1 rings (SSSR count). The van der Waals surface area contributed by atoms with E-state index in [1.807, 2.05) is 0 Å². The van der Waals surface area contributed by atoms with Crippen molar-refractivity contribution in [1.82, 2.24) is 5.32 Å². The molecule has 0 aliphatic heterocycles. The zero-order valence-corrected chi connectivity index (χ0v) is 9.21. The molecule has 0 atom stereocenters. The predicted molar refractivity (Wildman–Crippen MR) is 55.4 cm³/mol. The number of carbonyl (C=O) groups is 1. The predicted octanol–water partition coefficient (Wildman–Crippen LogP) is 0.444. The Morgan fingerprint density at radius 3 is 2.80 bits per heavy atom. The van der Waals surface area contributed by atoms with Gasteiger partial charge in [0.2, 0.25) is 0 Å². The third-order valence-electron chi connectivity index (χ3n) is 1.72. The lowest BCUT2D eigenvalue weighted by atomic mass is 10.4. The van der Waals surface area contributed by atoms with E-state index in [0.29, 0.717) is 13.0 Å². The summed E-state index contributed by atoms with van der Waals surface area (Å²) >= 11 is 0. The SMILES string of the molecule is CS(=O)(=O)CCCNC(=O)c1ccco1. The maximum atomic E-state index is 11.3. The third-order valence-corrected chi connectivity index (χ3v) is 2.75. The van der Waals surface area contributed by atoms with Gasteiger partial charge in [-0.05, 0) is 18.6 Å². The Morgan fingerprint density at radius 1 is 1.53 bits per heavy atom. The summed E-state index contributed by atoms with van der Waals surface area (Å²) in [6.07, 6.45) is 2.98. The molecule has 0 fully saturated rings. The van der Waals surface area contributed by atoms with E-state index >= 15 is 0 Å². The molecule has 1 heterocycles. The normalized spacial score (nSPS) is 11.3. The molecule has 0 spiro atoms. The average molecular weight is 231 g/mol. The minimum Gasteiger partial charge on any atom is -0.459 e. The van der Waals surface area contributed by atoms with Crippen LogP contribution in [0.5, 0.6) is 0 Å². The molecule has 6 heteroatoms. The standard InChI is InChI=1S/C9H13NO4S/c1-15(12,13)7-3-5-10-9(11)8-4-2-6-14-8/h2,4,6H,3,5,7H2,1H3,(H,10,11). The lowest BCUT2D eigenvalue weighted by Crippen LogP contribution is -2.25. The Hall–Kier alpha value is -1.30. The summed E-state index contributed by atoms with van der Waals surface area (Å²) in [5.41, 5.74) is 0. The number of amides is 1. The Bertz CT molecular complexity index is 407. The van der Waals surface area contributed by atoms with Crippen molar-refractivity contribution >= 4 is 15.7 Å². The zero-order chi connectivity index (χ0) is 11.3. The van der Waals surface area contributed by atoms with Crippen LogP contribution in [0.3, 0.4) is 0 Å². The third kappa shape index (κ3) is 4.64. The molecule has 1 amide bonds. The van der Waals surface area contributed by atoms with Gasteiger partial charge in [0.1, 0.15) is 9.84 Å². The minimum atomic E-state index is -2.95. The second-order valence-electron chi connectivity index (χ2n) is 3.22. The van der Waals surface area contributed by atoms with Crippen LogP contribution in [0, 0.1) is 0 Å². The van der Waals surface area contributed by atoms with Gasteiger partial charge in [-0.1, -0.05) is 0 Å². The van der Waals surface area contributed by atoms with Crippen LogP contribution in [0.25, 0.3) is 0 Å². The maximum Gasteiger partial charge on any atom is 0.286 e. The van der Waals surface area contributed by atoms with Crippen molar-refractivity contribution in [2.75, 3.05) is 18.6 Å². The first kappa shape index (κ1) is 11.8. The lowest BCUT2D eigenvalue weighted by molar-refractivity contribution is 0.0926. The van der Waals surface area contributed by atoms with Crippen LogP contribution in [-0.2, 0) is 9.84 Å². The Kier molecular flexibility index (Phi) is 3.90. The number of sulfone groups is 1. The van der Waals surface area contributed by atoms with Gasteiger partial charge in [-0.25, -0.2) is 8.42 Å². The fourth-order valence-electron chi connectivity index (χ4n) is 1.03. The van der Waals surface area contributed by atoms with Gasteiger partial charge in [-0.15, -0.1) is 0 Å². The molecule has 0 saturated heterocycles. The smallest absolute Gasteiger partial charge is 0.286 e. The van der Waals surface area contributed by atoms with Crippen LogP contribution in [-0.4, -0.2) is 32.9 Å². The van der Waals surface area contributed by atoms with Gasteiger partial charge in [0, 0.05) is 12.8 Å². The van der Waals surface area contributed by atoms with Crippen molar-refractivity contribution in [2.45, 2.75) is 6.42 Å². The largest absolute Gasteiger partial charge is 0.459 e. The maximum absolute atomic E-state index is 11.3. The number of hydrogen-bond acceptors (Lipinski definition) is 4. The number of nitrogens with one attached hydrogen (secondary N) is 1. The highest BCUT2D eigenvalue weighted by atomic mass is 32.2. The van der Waals surface area contributed by atoms with Crippen molar-refractivity contribution in [3.8, 4) is 0 Å². The molecule has 84 valence electrons. The van der Waals surface area contributed by atoms with Gasteiger partial charge < -0.3 is 9.73 Å². The van der Waals surface area contributed by atoms with Crippen LogP contribution in [0.4, 0.5) is 0 Å². The first-order valence-corrected chi connectivity index (χ1v) is 6.54. The summed E-state index contributed by atoms with van der Waals surface area (Å²) in [6, 6.07) is 3.16. The first-order valence-electron chi connectivity index (χ1n) is 4.48. The fourth-order valence-corrected chi connectivity index (χ4v) is 1.70. The van der Waals surface area contributed by atoms with E-state index in [0.717, 1.165) is 0 Å². The molecular weight excluding hydrogens is 218 g/mol. The second-order valence-corrected chi connectivity index (χ2v) is 5.48. The van der Waals surface area contributed by atoms with Crippen LogP contribution in [0.2, 0.25) is 0 Å². The number of furan rings is 1. The number of rotatable bonds is 5. The number of hydrogen-bond donors (Lipinski definition) is 1. The highest BCUT2D eigenvalue weighted by Crippen LogP contribution is 1.98. The van der Waals surface area contributed by atoms with E-state index < -0.39 is 9.84 Å². The summed E-state index contributed by atoms with van der Waals surface area (Å²) < 4.78 is 26.4. The molecule has 0 unspecified atom stereocenters. The zero-order valence-electron chi connectivity index (χ0n) is 8.39. The molecule has 1 N–H and O–H groups in total. The molecule has 0 bridgehead atoms. The van der Waals surface area contributed by atoms with Crippen LogP contribution in [0.1, 0.15) is 17.0 Å². The van der Waals surface area contributed by atoms with Gasteiger partial charge in [0.05, 0.1) is 12.0 Å². The molecule has 5 nitrogen and oxygen atoms in total. The molecule has 0 aliphatic rings. The second kappa shape index (κ2) is 4.97. The van der Waals surface area contributed by atoms with Crippen molar-refractivity contribution in [2.24, 2.45) is 0 Å². The summed E-state index contributed by atoms with van der Waals surface area (Å²) in [4.78, 5) is 11.3. The van der Waals surface area contributed by atoms with Gasteiger partial charge in [-0.3, -0.25) is 4.79 Å². The van der Waals surface area contributed by atoms with Crippen molar-refractivity contribution in [1.29, 1.82) is 0 Å². The minimum absolute atomic E-state index is 0.0748. The molecule has 0 saturated carbocycles. The van der Waals surface area contributed by atoms with Gasteiger partial charge in [0.25, 0.3) is 5.91 Å². The average Bonchev–Trinajstić information content (AvgIpc) is 2.63.